The lowest BCUT2D eigenvalue weighted by atomic mass is 9.97. The zero-order valence-electron chi connectivity index (χ0n) is 12.2. The van der Waals surface area contributed by atoms with Crippen molar-refractivity contribution in [3.63, 3.8) is 0 Å². The van der Waals surface area contributed by atoms with Crippen LogP contribution in [0.2, 0.25) is 0 Å². The average molecular weight is 345 g/mol. The Morgan fingerprint density at radius 3 is 2.81 bits per heavy atom. The van der Waals surface area contributed by atoms with Crippen LogP contribution in [0.5, 0.6) is 5.75 Å². The Labute approximate surface area is 133 Å². The average Bonchev–Trinajstić information content (AvgIpc) is 2.71. The third-order valence-corrected chi connectivity index (χ3v) is 4.13. The highest BCUT2D eigenvalue weighted by atomic mass is 79.9. The summed E-state index contributed by atoms with van der Waals surface area (Å²) in [5.41, 5.74) is 2.73. The van der Waals surface area contributed by atoms with Gasteiger partial charge in [0.05, 0.1) is 0 Å². The first-order chi connectivity index (χ1) is 9.93. The van der Waals surface area contributed by atoms with E-state index >= 15 is 0 Å². The number of ketones is 1. The summed E-state index contributed by atoms with van der Waals surface area (Å²) in [5, 5.41) is 0. The summed E-state index contributed by atoms with van der Waals surface area (Å²) in [5.74, 6) is 1.04. The minimum Gasteiger partial charge on any atom is -0.487 e. The van der Waals surface area contributed by atoms with Crippen molar-refractivity contribution in [2.45, 2.75) is 32.3 Å². The van der Waals surface area contributed by atoms with Crippen LogP contribution in [-0.4, -0.2) is 11.4 Å². The number of benzene rings is 2. The molecular formula is C18H17BrO2. The van der Waals surface area contributed by atoms with Gasteiger partial charge in [-0.3, -0.25) is 4.79 Å². The van der Waals surface area contributed by atoms with E-state index in [0.29, 0.717) is 6.42 Å². The Balaban J connectivity index is 1.81. The second-order valence-electron chi connectivity index (χ2n) is 6.09. The van der Waals surface area contributed by atoms with Crippen LogP contribution >= 0.6 is 15.9 Å². The largest absolute Gasteiger partial charge is 0.487 e. The SMILES string of the molecule is CC1(C)Cc2cc(C(=O)Cc3cccc(Br)c3)ccc2O1. The van der Waals surface area contributed by atoms with Gasteiger partial charge < -0.3 is 4.74 Å². The molecule has 0 aliphatic carbocycles. The van der Waals surface area contributed by atoms with E-state index in [9.17, 15) is 4.79 Å². The van der Waals surface area contributed by atoms with Crippen LogP contribution in [0.3, 0.4) is 0 Å². The maximum atomic E-state index is 12.4. The molecule has 0 atom stereocenters. The van der Waals surface area contributed by atoms with E-state index in [4.69, 9.17) is 4.74 Å². The number of hydrogen-bond acceptors (Lipinski definition) is 2. The van der Waals surface area contributed by atoms with E-state index in [0.717, 1.165) is 33.3 Å². The second kappa shape index (κ2) is 5.30. The van der Waals surface area contributed by atoms with Gasteiger partial charge in [-0.1, -0.05) is 28.1 Å². The Morgan fingerprint density at radius 2 is 2.05 bits per heavy atom. The van der Waals surface area contributed by atoms with E-state index < -0.39 is 0 Å². The topological polar surface area (TPSA) is 26.3 Å². The van der Waals surface area contributed by atoms with Gasteiger partial charge in [0.2, 0.25) is 0 Å². The lowest BCUT2D eigenvalue weighted by Gasteiger charge is -2.16. The molecule has 0 aromatic heterocycles. The number of carbonyl (C=O) groups is 1. The van der Waals surface area contributed by atoms with Crippen molar-refractivity contribution in [3.8, 4) is 5.75 Å². The highest BCUT2D eigenvalue weighted by molar-refractivity contribution is 9.10. The summed E-state index contributed by atoms with van der Waals surface area (Å²) in [4.78, 5) is 12.4. The molecule has 1 aliphatic rings. The summed E-state index contributed by atoms with van der Waals surface area (Å²) in [6, 6.07) is 13.6. The maximum Gasteiger partial charge on any atom is 0.167 e. The smallest absolute Gasteiger partial charge is 0.167 e. The lowest BCUT2D eigenvalue weighted by molar-refractivity contribution is 0.0993. The Hall–Kier alpha value is -1.61. The number of halogens is 1. The highest BCUT2D eigenvalue weighted by Gasteiger charge is 2.30. The molecular weight excluding hydrogens is 328 g/mol. The molecule has 0 saturated heterocycles. The molecule has 108 valence electrons. The lowest BCUT2D eigenvalue weighted by Crippen LogP contribution is -2.24. The Morgan fingerprint density at radius 1 is 1.24 bits per heavy atom. The van der Waals surface area contributed by atoms with Crippen LogP contribution < -0.4 is 4.74 Å². The molecule has 3 rings (SSSR count). The third-order valence-electron chi connectivity index (χ3n) is 3.64. The van der Waals surface area contributed by atoms with Crippen molar-refractivity contribution < 1.29 is 9.53 Å². The molecule has 0 fully saturated rings. The minimum atomic E-state index is -0.172. The molecule has 3 heteroatoms. The van der Waals surface area contributed by atoms with E-state index in [1.807, 2.05) is 42.5 Å². The number of rotatable bonds is 3. The molecule has 2 aromatic carbocycles. The number of ether oxygens (including phenoxy) is 1. The number of Topliss-reactive ketones (excluding diaryl/α,β-unsaturated/α-hetero) is 1. The van der Waals surface area contributed by atoms with Crippen LogP contribution in [0, 0.1) is 0 Å². The molecule has 1 aliphatic heterocycles. The van der Waals surface area contributed by atoms with E-state index in [1.54, 1.807) is 0 Å². The van der Waals surface area contributed by atoms with Crippen molar-refractivity contribution in [3.05, 3.63) is 63.6 Å². The fourth-order valence-corrected chi connectivity index (χ4v) is 3.16. The van der Waals surface area contributed by atoms with Crippen LogP contribution in [0.15, 0.2) is 46.9 Å². The first kappa shape index (κ1) is 14.3. The highest BCUT2D eigenvalue weighted by Crippen LogP contribution is 2.35. The van der Waals surface area contributed by atoms with Gasteiger partial charge >= 0.3 is 0 Å². The molecule has 2 nitrogen and oxygen atoms in total. The van der Waals surface area contributed by atoms with Crippen molar-refractivity contribution in [1.29, 1.82) is 0 Å². The van der Waals surface area contributed by atoms with Crippen molar-refractivity contribution in [1.82, 2.24) is 0 Å². The summed E-state index contributed by atoms with van der Waals surface area (Å²) >= 11 is 3.43. The fourth-order valence-electron chi connectivity index (χ4n) is 2.72. The summed E-state index contributed by atoms with van der Waals surface area (Å²) in [7, 11) is 0. The van der Waals surface area contributed by atoms with Gasteiger partial charge in [0.25, 0.3) is 0 Å². The van der Waals surface area contributed by atoms with Crippen LogP contribution in [0.25, 0.3) is 0 Å². The summed E-state index contributed by atoms with van der Waals surface area (Å²) < 4.78 is 6.84. The predicted octanol–water partition coefficient (Wildman–Crippen LogP) is 4.59. The molecule has 0 bridgehead atoms. The third kappa shape index (κ3) is 3.18. The molecule has 2 aromatic rings. The molecule has 21 heavy (non-hydrogen) atoms. The fraction of sp³-hybridized carbons (Fsp3) is 0.278. The van der Waals surface area contributed by atoms with E-state index in [1.165, 1.54) is 0 Å². The molecule has 0 spiro atoms. The minimum absolute atomic E-state index is 0.139. The molecule has 0 amide bonds. The van der Waals surface area contributed by atoms with Gasteiger partial charge in [-0.05, 0) is 55.3 Å². The summed E-state index contributed by atoms with van der Waals surface area (Å²) in [6.07, 6.45) is 1.27. The number of carbonyl (C=O) groups excluding carboxylic acids is 1. The van der Waals surface area contributed by atoms with E-state index in [2.05, 4.69) is 29.8 Å². The van der Waals surface area contributed by atoms with Crippen molar-refractivity contribution >= 4 is 21.7 Å². The number of hydrogen-bond donors (Lipinski definition) is 0. The van der Waals surface area contributed by atoms with Gasteiger partial charge in [-0.2, -0.15) is 0 Å². The molecule has 1 heterocycles. The van der Waals surface area contributed by atoms with Gasteiger partial charge in [0.1, 0.15) is 11.4 Å². The Bertz CT molecular complexity index is 704. The van der Waals surface area contributed by atoms with Crippen molar-refractivity contribution in [2.75, 3.05) is 0 Å². The van der Waals surface area contributed by atoms with Crippen LogP contribution in [-0.2, 0) is 12.8 Å². The zero-order valence-corrected chi connectivity index (χ0v) is 13.7. The van der Waals surface area contributed by atoms with Crippen molar-refractivity contribution in [2.24, 2.45) is 0 Å². The first-order valence-corrected chi connectivity index (χ1v) is 7.82. The predicted molar refractivity (Wildman–Crippen MR) is 87.0 cm³/mol. The second-order valence-corrected chi connectivity index (χ2v) is 7.01. The molecule has 0 radical (unpaired) electrons. The zero-order chi connectivity index (χ0) is 15.0. The quantitative estimate of drug-likeness (QED) is 0.761. The molecule has 0 saturated carbocycles. The van der Waals surface area contributed by atoms with Gasteiger partial charge in [-0.25, -0.2) is 0 Å². The first-order valence-electron chi connectivity index (χ1n) is 7.02. The monoisotopic (exact) mass is 344 g/mol. The molecule has 0 unspecified atom stereocenters. The van der Waals surface area contributed by atoms with Gasteiger partial charge in [-0.15, -0.1) is 0 Å². The maximum absolute atomic E-state index is 12.4. The summed E-state index contributed by atoms with van der Waals surface area (Å²) in [6.45, 7) is 4.13. The van der Waals surface area contributed by atoms with E-state index in [-0.39, 0.29) is 11.4 Å². The van der Waals surface area contributed by atoms with Crippen LogP contribution in [0.1, 0.15) is 35.3 Å². The Kier molecular flexibility index (Phi) is 3.62. The molecule has 0 N–H and O–H groups in total. The van der Waals surface area contributed by atoms with Gasteiger partial charge in [0, 0.05) is 22.9 Å². The van der Waals surface area contributed by atoms with Crippen LogP contribution in [0.4, 0.5) is 0 Å². The normalized spacial score (nSPS) is 15.4. The number of fused-ring (bicyclic) bond motifs is 1. The van der Waals surface area contributed by atoms with Gasteiger partial charge in [0.15, 0.2) is 5.78 Å². The standard InChI is InChI=1S/C18H17BrO2/c1-18(2)11-14-10-13(6-7-17(14)21-18)16(20)9-12-4-3-5-15(19)8-12/h3-8,10H,9,11H2,1-2H3.